The summed E-state index contributed by atoms with van der Waals surface area (Å²) in [4.78, 5) is 18.1. The molecule has 47 heavy (non-hydrogen) atoms. The van der Waals surface area contributed by atoms with Crippen molar-refractivity contribution in [1.29, 1.82) is 0 Å². The highest BCUT2D eigenvalue weighted by Crippen LogP contribution is 2.59. The maximum absolute atomic E-state index is 16.9. The van der Waals surface area contributed by atoms with E-state index in [9.17, 15) is 13.9 Å². The summed E-state index contributed by atoms with van der Waals surface area (Å²) in [5.41, 5.74) is -0.0739. The van der Waals surface area contributed by atoms with Gasteiger partial charge in [-0.05, 0) is 66.8 Å². The molecular formula is C35H38F3N5O4. The maximum atomic E-state index is 16.9. The second-order valence-electron chi connectivity index (χ2n) is 13.6. The molecule has 3 saturated heterocycles. The highest BCUT2D eigenvalue weighted by atomic mass is 19.1. The number of rotatable bonds is 8. The molecule has 248 valence electrons. The zero-order chi connectivity index (χ0) is 32.7. The first-order valence-electron chi connectivity index (χ1n) is 16.3. The Balaban J connectivity index is 1.24. The highest BCUT2D eigenvalue weighted by molar-refractivity contribution is 6.01. The minimum Gasteiger partial charge on any atom is -0.508 e. The van der Waals surface area contributed by atoms with Gasteiger partial charge in [0.05, 0.1) is 16.3 Å². The van der Waals surface area contributed by atoms with E-state index in [0.717, 1.165) is 32.2 Å². The summed E-state index contributed by atoms with van der Waals surface area (Å²) in [5, 5.41) is 12.0. The lowest BCUT2D eigenvalue weighted by Gasteiger charge is -2.65. The summed E-state index contributed by atoms with van der Waals surface area (Å²) >= 11 is 0. The van der Waals surface area contributed by atoms with Crippen LogP contribution < -0.4 is 9.64 Å². The fourth-order valence-corrected chi connectivity index (χ4v) is 8.83. The predicted molar refractivity (Wildman–Crippen MR) is 170 cm³/mol. The van der Waals surface area contributed by atoms with Crippen molar-refractivity contribution in [3.8, 4) is 23.0 Å². The van der Waals surface area contributed by atoms with E-state index in [1.165, 1.54) is 24.4 Å². The molecule has 1 saturated carbocycles. The minimum absolute atomic E-state index is 0.00387. The number of methoxy groups -OCH3 is 2. The lowest BCUT2D eigenvalue weighted by Crippen LogP contribution is -2.74. The van der Waals surface area contributed by atoms with Gasteiger partial charge in [0.2, 0.25) is 0 Å². The van der Waals surface area contributed by atoms with E-state index in [2.05, 4.69) is 14.9 Å². The molecule has 4 aromatic rings. The van der Waals surface area contributed by atoms with Crippen LogP contribution in [-0.4, -0.2) is 89.5 Å². The van der Waals surface area contributed by atoms with Gasteiger partial charge in [-0.15, -0.1) is 0 Å². The summed E-state index contributed by atoms with van der Waals surface area (Å²) in [5.74, 6) is -1.47. The number of alkyl halides is 1. The lowest BCUT2D eigenvalue weighted by molar-refractivity contribution is -0.336. The minimum atomic E-state index is -0.922. The molecule has 1 spiro atoms. The van der Waals surface area contributed by atoms with Crippen LogP contribution in [-0.2, 0) is 15.9 Å². The number of pyridine rings is 1. The van der Waals surface area contributed by atoms with Gasteiger partial charge in [-0.25, -0.2) is 13.2 Å². The van der Waals surface area contributed by atoms with Crippen LogP contribution in [0, 0.1) is 17.0 Å². The molecule has 1 N–H and O–H groups in total. The third kappa shape index (κ3) is 4.44. The number of ether oxygens (including phenoxy) is 3. The van der Waals surface area contributed by atoms with Crippen molar-refractivity contribution >= 4 is 27.5 Å². The third-order valence-electron chi connectivity index (χ3n) is 11.3. The third-order valence-corrected chi connectivity index (χ3v) is 11.3. The summed E-state index contributed by atoms with van der Waals surface area (Å²) < 4.78 is 64.2. The first-order valence-corrected chi connectivity index (χ1v) is 16.3. The first kappa shape index (κ1) is 30.6. The van der Waals surface area contributed by atoms with Crippen molar-refractivity contribution in [1.82, 2.24) is 19.9 Å². The maximum Gasteiger partial charge on any atom is 0.319 e. The van der Waals surface area contributed by atoms with Gasteiger partial charge in [-0.2, -0.15) is 9.97 Å². The van der Waals surface area contributed by atoms with Crippen LogP contribution in [0.25, 0.3) is 32.9 Å². The van der Waals surface area contributed by atoms with Crippen LogP contribution in [0.2, 0.25) is 0 Å². The van der Waals surface area contributed by atoms with E-state index < -0.39 is 29.1 Å². The van der Waals surface area contributed by atoms with Crippen molar-refractivity contribution in [3.63, 3.8) is 0 Å². The lowest BCUT2D eigenvalue weighted by atomic mass is 9.58. The Hall–Kier alpha value is -3.74. The van der Waals surface area contributed by atoms with Gasteiger partial charge in [0.15, 0.2) is 11.6 Å². The van der Waals surface area contributed by atoms with E-state index in [0.29, 0.717) is 60.0 Å². The Morgan fingerprint density at radius 3 is 2.60 bits per heavy atom. The molecule has 1 aliphatic carbocycles. The van der Waals surface area contributed by atoms with Crippen LogP contribution in [0.5, 0.6) is 11.8 Å². The van der Waals surface area contributed by atoms with E-state index in [1.807, 2.05) is 11.8 Å². The van der Waals surface area contributed by atoms with E-state index in [1.54, 1.807) is 20.3 Å². The molecule has 4 aliphatic rings. The number of anilines is 1. The highest BCUT2D eigenvalue weighted by Gasteiger charge is 2.66. The van der Waals surface area contributed by atoms with Crippen LogP contribution in [0.3, 0.4) is 0 Å². The molecule has 9 nitrogen and oxygen atoms in total. The molecule has 0 unspecified atom stereocenters. The molecule has 12 heteroatoms. The molecule has 0 bridgehead atoms. The molecular weight excluding hydrogens is 611 g/mol. The number of hydrogen-bond donors (Lipinski definition) is 1. The molecule has 0 radical (unpaired) electrons. The van der Waals surface area contributed by atoms with Gasteiger partial charge in [-0.1, -0.05) is 13.0 Å². The Bertz CT molecular complexity index is 1890. The van der Waals surface area contributed by atoms with E-state index in [4.69, 9.17) is 19.2 Å². The smallest absolute Gasteiger partial charge is 0.319 e. The summed E-state index contributed by atoms with van der Waals surface area (Å²) in [7, 11) is 3.30. The number of aromatic hydroxyl groups is 1. The number of hydrogen-bond acceptors (Lipinski definition) is 9. The number of fused-ring (bicyclic) bond motifs is 3. The largest absolute Gasteiger partial charge is 0.508 e. The average molecular weight is 650 g/mol. The summed E-state index contributed by atoms with van der Waals surface area (Å²) in [6, 6.07) is 5.84. The molecule has 2 aromatic carbocycles. The van der Waals surface area contributed by atoms with Gasteiger partial charge in [0.25, 0.3) is 0 Å². The van der Waals surface area contributed by atoms with Gasteiger partial charge in [0.1, 0.15) is 41.4 Å². The van der Waals surface area contributed by atoms with Crippen molar-refractivity contribution in [2.45, 2.75) is 62.9 Å². The number of aryl methyl sites for hydroxylation is 1. The normalized spacial score (nSPS) is 24.6. The zero-order valence-corrected chi connectivity index (χ0v) is 26.8. The van der Waals surface area contributed by atoms with Crippen LogP contribution in [0.4, 0.5) is 19.0 Å². The quantitative estimate of drug-likeness (QED) is 0.233. The predicted octanol–water partition coefficient (Wildman–Crippen LogP) is 5.94. The Morgan fingerprint density at radius 2 is 1.87 bits per heavy atom. The van der Waals surface area contributed by atoms with Gasteiger partial charge >= 0.3 is 6.01 Å². The number of nitrogens with zero attached hydrogens (tertiary/aromatic N) is 5. The van der Waals surface area contributed by atoms with Crippen LogP contribution in [0.1, 0.15) is 44.6 Å². The molecule has 4 fully saturated rings. The molecule has 3 aliphatic heterocycles. The molecule has 5 heterocycles. The standard InChI is InChI=1S/C35H38F3N5O4/c1-4-23-26(37)7-6-20-12-22(44)13-24(27(20)23)29-28(38)30-25(15-39-29)31(42-17-33(18-42)9-10-35(33,45-2)46-3)41-32(40-30)47-19-34-8-5-11-43(34)16-21(36)14-34/h6-7,12-13,15,21,44H,4-5,8-11,14,16-19H2,1-3H3/t21-,34+/m1/s1. The fraction of sp³-hybridized carbons (Fsp3) is 0.514. The topological polar surface area (TPSA) is 93.1 Å². The second-order valence-corrected chi connectivity index (χ2v) is 13.6. The number of benzene rings is 2. The molecule has 2 atom stereocenters. The number of phenolic OH excluding ortho intramolecular Hbond substituents is 1. The summed E-state index contributed by atoms with van der Waals surface area (Å²) in [6.07, 6.45) is 4.80. The Morgan fingerprint density at radius 1 is 1.06 bits per heavy atom. The monoisotopic (exact) mass is 649 g/mol. The van der Waals surface area contributed by atoms with Gasteiger partial charge in [0, 0.05) is 58.5 Å². The number of phenols is 1. The number of aromatic nitrogens is 3. The number of halogens is 3. The Labute approximate surface area is 270 Å². The van der Waals surface area contributed by atoms with Crippen molar-refractivity contribution in [3.05, 3.63) is 47.7 Å². The van der Waals surface area contributed by atoms with E-state index in [-0.39, 0.29) is 40.6 Å². The first-order chi connectivity index (χ1) is 22.6. The average Bonchev–Trinajstić information content (AvgIpc) is 3.55. The fourth-order valence-electron chi connectivity index (χ4n) is 8.83. The van der Waals surface area contributed by atoms with Crippen molar-refractivity contribution in [2.75, 3.05) is 51.9 Å². The second kappa shape index (κ2) is 10.9. The van der Waals surface area contributed by atoms with Gasteiger partial charge in [-0.3, -0.25) is 9.88 Å². The van der Waals surface area contributed by atoms with E-state index >= 15 is 4.39 Å². The Kier molecular flexibility index (Phi) is 7.09. The van der Waals surface area contributed by atoms with Crippen LogP contribution in [0.15, 0.2) is 30.5 Å². The van der Waals surface area contributed by atoms with Gasteiger partial charge < -0.3 is 24.2 Å². The zero-order valence-electron chi connectivity index (χ0n) is 26.8. The van der Waals surface area contributed by atoms with Crippen molar-refractivity contribution < 1.29 is 32.5 Å². The van der Waals surface area contributed by atoms with Crippen LogP contribution >= 0.6 is 0 Å². The van der Waals surface area contributed by atoms with Crippen molar-refractivity contribution in [2.24, 2.45) is 5.41 Å². The molecule has 8 rings (SSSR count). The molecule has 0 amide bonds. The summed E-state index contributed by atoms with van der Waals surface area (Å²) in [6.45, 7) is 4.35. The molecule has 2 aromatic heterocycles. The SMILES string of the molecule is CCc1c(F)ccc2cc(O)cc(-c3ncc4c(N5CC6(CCC6(OC)OC)C5)nc(OC[C@@]56CCCN5C[C@H](F)C6)nc4c3F)c12.